The number of ether oxygens (including phenoxy) is 2. The van der Waals surface area contributed by atoms with Gasteiger partial charge in [0.15, 0.2) is 5.75 Å². The summed E-state index contributed by atoms with van der Waals surface area (Å²) in [5.74, 6) is -0.0605. The van der Waals surface area contributed by atoms with Crippen LogP contribution in [-0.4, -0.2) is 67.2 Å². The van der Waals surface area contributed by atoms with Gasteiger partial charge in [-0.15, -0.1) is 0 Å². The quantitative estimate of drug-likeness (QED) is 0.309. The molecule has 12 heteroatoms. The molecule has 1 aromatic heterocycles. The first-order valence-electron chi connectivity index (χ1n) is 12.1. The second-order valence-electron chi connectivity index (χ2n) is 8.76. The topological polar surface area (TPSA) is 148 Å². The number of hydrogen-bond donors (Lipinski definition) is 3. The zero-order chi connectivity index (χ0) is 27.0. The summed E-state index contributed by atoms with van der Waals surface area (Å²) >= 11 is 0. The second-order valence-corrected chi connectivity index (χ2v) is 10.6. The highest BCUT2D eigenvalue weighted by Crippen LogP contribution is 2.24. The van der Waals surface area contributed by atoms with E-state index >= 15 is 0 Å². The first-order chi connectivity index (χ1) is 18.3. The molecule has 1 fully saturated rings. The number of hydrogen-bond acceptors (Lipinski definition) is 9. The number of carbonyl (C=O) groups is 1. The van der Waals surface area contributed by atoms with Crippen LogP contribution in [0.5, 0.6) is 11.5 Å². The summed E-state index contributed by atoms with van der Waals surface area (Å²) in [7, 11) is -4.30. The van der Waals surface area contributed by atoms with Crippen molar-refractivity contribution >= 4 is 16.1 Å². The number of rotatable bonds is 11. The van der Waals surface area contributed by atoms with Crippen LogP contribution < -0.4 is 10.1 Å². The SMILES string of the molecule is O=C(NC(Cc1ccccc1)C(O)CN(OC1CCOCC1)S(=O)(=O)c1cccc(O)c1)Oc1ccoc1. The van der Waals surface area contributed by atoms with Crippen molar-refractivity contribution in [1.82, 2.24) is 9.79 Å². The molecule has 2 heterocycles. The van der Waals surface area contributed by atoms with Crippen molar-refractivity contribution in [3.05, 3.63) is 78.8 Å². The predicted octanol–water partition coefficient (Wildman–Crippen LogP) is 2.85. The largest absolute Gasteiger partial charge is 0.508 e. The van der Waals surface area contributed by atoms with Crippen LogP contribution in [0.2, 0.25) is 0 Å². The molecule has 38 heavy (non-hydrogen) atoms. The molecule has 1 aliphatic rings. The van der Waals surface area contributed by atoms with E-state index in [-0.39, 0.29) is 22.8 Å². The summed E-state index contributed by atoms with van der Waals surface area (Å²) in [6, 6.07) is 14.8. The Morgan fingerprint density at radius 1 is 1.11 bits per heavy atom. The zero-order valence-corrected chi connectivity index (χ0v) is 21.3. The summed E-state index contributed by atoms with van der Waals surface area (Å²) in [6.07, 6.45) is 0.979. The van der Waals surface area contributed by atoms with Gasteiger partial charge in [-0.3, -0.25) is 4.84 Å². The van der Waals surface area contributed by atoms with Crippen LogP contribution in [0.4, 0.5) is 4.79 Å². The fourth-order valence-electron chi connectivity index (χ4n) is 3.94. The van der Waals surface area contributed by atoms with Crippen molar-refractivity contribution in [2.45, 2.75) is 42.4 Å². The number of amides is 1. The molecule has 2 unspecified atom stereocenters. The Labute approximate surface area is 220 Å². The molecule has 3 N–H and O–H groups in total. The van der Waals surface area contributed by atoms with Crippen LogP contribution in [-0.2, 0) is 26.0 Å². The Morgan fingerprint density at radius 2 is 1.87 bits per heavy atom. The summed E-state index contributed by atoms with van der Waals surface area (Å²) in [4.78, 5) is 18.3. The van der Waals surface area contributed by atoms with E-state index in [1.165, 1.54) is 36.8 Å². The average Bonchev–Trinajstić information content (AvgIpc) is 3.42. The highest BCUT2D eigenvalue weighted by Gasteiger charge is 2.34. The van der Waals surface area contributed by atoms with E-state index in [0.29, 0.717) is 26.1 Å². The number of aromatic hydroxyl groups is 1. The molecule has 0 bridgehead atoms. The van der Waals surface area contributed by atoms with Crippen molar-refractivity contribution in [2.24, 2.45) is 0 Å². The Hall–Kier alpha value is -3.42. The van der Waals surface area contributed by atoms with Crippen molar-refractivity contribution < 1.29 is 42.2 Å². The standard InChI is InChI=1S/C26H30N2O9S/c29-20-7-4-8-23(16-20)38(32,33)28(37-21-9-12-34-13-10-21)17-25(30)24(15-19-5-2-1-3-6-19)27-26(31)36-22-11-14-35-18-22/h1-8,11,14,16,18,21,24-25,29-30H,9-10,12-13,15,17H2,(H,27,31). The lowest BCUT2D eigenvalue weighted by Crippen LogP contribution is -2.51. The second kappa shape index (κ2) is 12.9. The highest BCUT2D eigenvalue weighted by atomic mass is 32.2. The third-order valence-corrected chi connectivity index (χ3v) is 7.55. The first kappa shape index (κ1) is 27.6. The maximum Gasteiger partial charge on any atom is 0.413 e. The molecule has 0 spiro atoms. The third-order valence-electron chi connectivity index (χ3n) is 5.93. The van der Waals surface area contributed by atoms with Gasteiger partial charge in [0.2, 0.25) is 0 Å². The number of phenolic OH excluding ortho intramolecular Hbond substituents is 1. The van der Waals surface area contributed by atoms with Gasteiger partial charge in [-0.1, -0.05) is 40.9 Å². The summed E-state index contributed by atoms with van der Waals surface area (Å²) in [5.41, 5.74) is 0.799. The lowest BCUT2D eigenvalue weighted by atomic mass is 10.0. The lowest BCUT2D eigenvalue weighted by molar-refractivity contribution is -0.170. The minimum atomic E-state index is -4.30. The van der Waals surface area contributed by atoms with Crippen LogP contribution in [0.25, 0.3) is 0 Å². The molecular weight excluding hydrogens is 516 g/mol. The van der Waals surface area contributed by atoms with Gasteiger partial charge in [-0.05, 0) is 43.0 Å². The normalized spacial score (nSPS) is 16.2. The van der Waals surface area contributed by atoms with Crippen molar-refractivity contribution in [3.63, 3.8) is 0 Å². The number of sulfonamides is 1. The van der Waals surface area contributed by atoms with E-state index in [9.17, 15) is 23.4 Å². The summed E-state index contributed by atoms with van der Waals surface area (Å²) in [5, 5.41) is 23.7. The fourth-order valence-corrected chi connectivity index (χ4v) is 5.28. The Kier molecular flexibility index (Phi) is 9.37. The number of nitrogens with one attached hydrogen (secondary N) is 1. The lowest BCUT2D eigenvalue weighted by Gasteiger charge is -2.32. The van der Waals surface area contributed by atoms with E-state index < -0.39 is 40.9 Å². The number of hydroxylamine groups is 1. The van der Waals surface area contributed by atoms with Gasteiger partial charge < -0.3 is 29.4 Å². The number of aliphatic hydroxyl groups is 1. The van der Waals surface area contributed by atoms with E-state index in [4.69, 9.17) is 18.7 Å². The Balaban J connectivity index is 1.57. The molecule has 2 aromatic carbocycles. The highest BCUT2D eigenvalue weighted by molar-refractivity contribution is 7.89. The molecule has 0 radical (unpaired) electrons. The van der Waals surface area contributed by atoms with Crippen molar-refractivity contribution in [1.29, 1.82) is 0 Å². The molecule has 4 rings (SSSR count). The van der Waals surface area contributed by atoms with Gasteiger partial charge in [0.05, 0.1) is 36.0 Å². The maximum absolute atomic E-state index is 13.5. The smallest absolute Gasteiger partial charge is 0.413 e. The average molecular weight is 547 g/mol. The van der Waals surface area contributed by atoms with Crippen molar-refractivity contribution in [3.8, 4) is 11.5 Å². The fraction of sp³-hybridized carbons (Fsp3) is 0.346. The predicted molar refractivity (Wildman–Crippen MR) is 135 cm³/mol. The number of aliphatic hydroxyl groups excluding tert-OH is 1. The molecule has 1 saturated heterocycles. The minimum absolute atomic E-state index is 0.173. The van der Waals surface area contributed by atoms with Crippen molar-refractivity contribution in [2.75, 3.05) is 19.8 Å². The van der Waals surface area contributed by atoms with Gasteiger partial charge in [0.25, 0.3) is 10.0 Å². The Morgan fingerprint density at radius 3 is 2.55 bits per heavy atom. The summed E-state index contributed by atoms with van der Waals surface area (Å²) in [6.45, 7) is 0.315. The number of benzene rings is 2. The van der Waals surface area contributed by atoms with Crippen LogP contribution in [0, 0.1) is 0 Å². The molecule has 204 valence electrons. The number of furan rings is 1. The maximum atomic E-state index is 13.5. The van der Waals surface area contributed by atoms with E-state index in [2.05, 4.69) is 5.32 Å². The third kappa shape index (κ3) is 7.55. The Bertz CT molecular complexity index is 1260. The van der Waals surface area contributed by atoms with E-state index in [0.717, 1.165) is 16.1 Å². The molecule has 1 aliphatic heterocycles. The number of phenols is 1. The first-order valence-corrected chi connectivity index (χ1v) is 13.5. The minimum Gasteiger partial charge on any atom is -0.508 e. The molecule has 0 saturated carbocycles. The number of nitrogens with zero attached hydrogens (tertiary/aromatic N) is 1. The molecule has 11 nitrogen and oxygen atoms in total. The molecular formula is C26H30N2O9S. The summed E-state index contributed by atoms with van der Waals surface area (Å²) < 4.78 is 43.2. The molecule has 2 atom stereocenters. The van der Waals surface area contributed by atoms with Gasteiger partial charge in [0, 0.05) is 19.3 Å². The van der Waals surface area contributed by atoms with E-state index in [1.807, 2.05) is 30.3 Å². The molecule has 0 aliphatic carbocycles. The van der Waals surface area contributed by atoms with Crippen LogP contribution in [0.3, 0.4) is 0 Å². The van der Waals surface area contributed by atoms with Crippen LogP contribution >= 0.6 is 0 Å². The number of carbonyl (C=O) groups excluding carboxylic acids is 1. The zero-order valence-electron chi connectivity index (χ0n) is 20.5. The molecule has 1 amide bonds. The van der Waals surface area contributed by atoms with Gasteiger partial charge >= 0.3 is 6.09 Å². The van der Waals surface area contributed by atoms with Gasteiger partial charge in [0.1, 0.15) is 12.0 Å². The van der Waals surface area contributed by atoms with Crippen LogP contribution in [0.1, 0.15) is 18.4 Å². The van der Waals surface area contributed by atoms with Crippen LogP contribution in [0.15, 0.2) is 82.5 Å². The monoisotopic (exact) mass is 546 g/mol. The van der Waals surface area contributed by atoms with Gasteiger partial charge in [-0.25, -0.2) is 13.2 Å². The van der Waals surface area contributed by atoms with Gasteiger partial charge in [-0.2, -0.15) is 0 Å². The van der Waals surface area contributed by atoms with E-state index in [1.54, 1.807) is 0 Å². The molecule has 3 aromatic rings.